The first kappa shape index (κ1) is 17.9. The standard InChI is InChI=1S/C18H27F3N4O/c1-23-12-24(8-14-4-6-17(26,7-5-14)18(19,20)21)10-15-16(23)22-11-25(15)9-13-2-3-13/h10,13-14,26H,2-9,11-12H2,1H3. The van der Waals surface area contributed by atoms with Gasteiger partial charge in [0.05, 0.1) is 12.4 Å². The Labute approximate surface area is 152 Å². The summed E-state index contributed by atoms with van der Waals surface area (Å²) in [6.07, 6.45) is 0.635. The van der Waals surface area contributed by atoms with Gasteiger partial charge < -0.3 is 19.8 Å². The molecule has 2 aliphatic heterocycles. The number of nitrogens with zero attached hydrogens (tertiary/aromatic N) is 4. The molecule has 0 aromatic rings. The average molecular weight is 372 g/mol. The van der Waals surface area contributed by atoms with Crippen LogP contribution < -0.4 is 0 Å². The molecule has 146 valence electrons. The predicted molar refractivity (Wildman–Crippen MR) is 92.1 cm³/mol. The molecule has 2 aliphatic carbocycles. The van der Waals surface area contributed by atoms with E-state index in [9.17, 15) is 18.3 Å². The summed E-state index contributed by atoms with van der Waals surface area (Å²) in [5.41, 5.74) is -1.35. The Morgan fingerprint density at radius 2 is 1.81 bits per heavy atom. The van der Waals surface area contributed by atoms with Crippen molar-refractivity contribution in [3.8, 4) is 0 Å². The first-order valence-corrected chi connectivity index (χ1v) is 9.51. The molecule has 0 aromatic heterocycles. The Morgan fingerprint density at radius 3 is 2.42 bits per heavy atom. The molecule has 4 aliphatic rings. The Morgan fingerprint density at radius 1 is 1.15 bits per heavy atom. The van der Waals surface area contributed by atoms with Gasteiger partial charge in [-0.1, -0.05) is 0 Å². The number of aliphatic hydroxyl groups is 1. The number of hydrogen-bond acceptors (Lipinski definition) is 5. The van der Waals surface area contributed by atoms with E-state index in [1.54, 1.807) is 0 Å². The van der Waals surface area contributed by atoms with Crippen molar-refractivity contribution in [2.45, 2.75) is 50.3 Å². The van der Waals surface area contributed by atoms with Crippen molar-refractivity contribution in [1.29, 1.82) is 0 Å². The summed E-state index contributed by atoms with van der Waals surface area (Å²) in [7, 11) is 2.02. The van der Waals surface area contributed by atoms with Crippen LogP contribution in [0.4, 0.5) is 13.2 Å². The Kier molecular flexibility index (Phi) is 4.36. The molecule has 0 amide bonds. The van der Waals surface area contributed by atoms with Crippen molar-refractivity contribution in [3.63, 3.8) is 0 Å². The summed E-state index contributed by atoms with van der Waals surface area (Å²) >= 11 is 0. The van der Waals surface area contributed by atoms with E-state index >= 15 is 0 Å². The molecule has 2 heterocycles. The van der Waals surface area contributed by atoms with Crippen molar-refractivity contribution >= 4 is 5.84 Å². The zero-order chi connectivity index (χ0) is 18.5. The van der Waals surface area contributed by atoms with Gasteiger partial charge in [0.2, 0.25) is 0 Å². The number of fused-ring (bicyclic) bond motifs is 1. The van der Waals surface area contributed by atoms with Crippen LogP contribution in [0.15, 0.2) is 16.9 Å². The van der Waals surface area contributed by atoms with Crippen LogP contribution in [-0.2, 0) is 0 Å². The van der Waals surface area contributed by atoms with Gasteiger partial charge in [0, 0.05) is 26.3 Å². The number of likely N-dealkylation sites (N-methyl/N-ethyl adjacent to an activating group) is 1. The maximum absolute atomic E-state index is 13.0. The van der Waals surface area contributed by atoms with Gasteiger partial charge in [0.1, 0.15) is 6.67 Å². The summed E-state index contributed by atoms with van der Waals surface area (Å²) in [5.74, 6) is 1.99. The largest absolute Gasteiger partial charge is 0.417 e. The molecule has 2 saturated carbocycles. The third-order valence-electron chi connectivity index (χ3n) is 6.15. The van der Waals surface area contributed by atoms with E-state index in [1.165, 1.54) is 12.8 Å². The van der Waals surface area contributed by atoms with Gasteiger partial charge >= 0.3 is 6.18 Å². The van der Waals surface area contributed by atoms with Crippen molar-refractivity contribution in [2.75, 3.05) is 33.5 Å². The second-order valence-electron chi connectivity index (χ2n) is 8.39. The highest BCUT2D eigenvalue weighted by Gasteiger charge is 2.54. The van der Waals surface area contributed by atoms with Gasteiger partial charge in [-0.3, -0.25) is 0 Å². The van der Waals surface area contributed by atoms with Crippen LogP contribution in [0.25, 0.3) is 0 Å². The van der Waals surface area contributed by atoms with Crippen LogP contribution in [0.5, 0.6) is 0 Å². The maximum Gasteiger partial charge on any atom is 0.417 e. The third-order valence-corrected chi connectivity index (χ3v) is 6.15. The van der Waals surface area contributed by atoms with E-state index in [1.807, 2.05) is 7.05 Å². The Bertz CT molecular complexity index is 606. The van der Waals surface area contributed by atoms with Gasteiger partial charge in [-0.25, -0.2) is 4.99 Å². The molecule has 0 saturated heterocycles. The number of amidine groups is 1. The molecule has 8 heteroatoms. The van der Waals surface area contributed by atoms with E-state index in [2.05, 4.69) is 25.9 Å². The summed E-state index contributed by atoms with van der Waals surface area (Å²) in [6, 6.07) is 0. The molecule has 0 atom stereocenters. The first-order valence-electron chi connectivity index (χ1n) is 9.51. The van der Waals surface area contributed by atoms with E-state index in [0.29, 0.717) is 26.2 Å². The van der Waals surface area contributed by atoms with Crippen LogP contribution in [0.2, 0.25) is 0 Å². The van der Waals surface area contributed by atoms with Crippen molar-refractivity contribution in [1.82, 2.24) is 14.7 Å². The van der Waals surface area contributed by atoms with Gasteiger partial charge in [0.15, 0.2) is 11.4 Å². The zero-order valence-electron chi connectivity index (χ0n) is 15.2. The summed E-state index contributed by atoms with van der Waals surface area (Å²) in [5, 5.41) is 9.84. The molecule has 0 bridgehead atoms. The second kappa shape index (κ2) is 6.32. The number of aliphatic imine (C=N–C) groups is 1. The molecular formula is C18H27F3N4O. The fourth-order valence-electron chi connectivity index (χ4n) is 4.29. The lowest BCUT2D eigenvalue weighted by molar-refractivity contribution is -0.272. The highest BCUT2D eigenvalue weighted by molar-refractivity contribution is 5.99. The van der Waals surface area contributed by atoms with Gasteiger partial charge in [0.25, 0.3) is 0 Å². The quantitative estimate of drug-likeness (QED) is 0.824. The molecule has 4 rings (SSSR count). The smallest absolute Gasteiger partial charge is 0.380 e. The minimum Gasteiger partial charge on any atom is -0.380 e. The average Bonchev–Trinajstić information content (AvgIpc) is 3.29. The predicted octanol–water partition coefficient (Wildman–Crippen LogP) is 2.60. The van der Waals surface area contributed by atoms with Crippen LogP contribution >= 0.6 is 0 Å². The fourth-order valence-corrected chi connectivity index (χ4v) is 4.29. The monoisotopic (exact) mass is 372 g/mol. The van der Waals surface area contributed by atoms with Gasteiger partial charge in [-0.2, -0.15) is 13.2 Å². The van der Waals surface area contributed by atoms with Crippen molar-refractivity contribution < 1.29 is 18.3 Å². The summed E-state index contributed by atoms with van der Waals surface area (Å²) in [4.78, 5) is 11.3. The molecule has 2 fully saturated rings. The van der Waals surface area contributed by atoms with Crippen LogP contribution in [0.1, 0.15) is 38.5 Å². The van der Waals surface area contributed by atoms with Crippen LogP contribution in [-0.4, -0.2) is 70.9 Å². The lowest BCUT2D eigenvalue weighted by Crippen LogP contribution is -2.49. The van der Waals surface area contributed by atoms with Gasteiger partial charge in [-0.15, -0.1) is 0 Å². The van der Waals surface area contributed by atoms with E-state index in [0.717, 1.165) is 30.5 Å². The lowest BCUT2D eigenvalue weighted by atomic mass is 9.78. The molecular weight excluding hydrogens is 345 g/mol. The highest BCUT2D eigenvalue weighted by atomic mass is 19.4. The number of rotatable bonds is 4. The lowest BCUT2D eigenvalue weighted by Gasteiger charge is -2.41. The maximum atomic E-state index is 13.0. The molecule has 1 N–H and O–H groups in total. The van der Waals surface area contributed by atoms with Crippen molar-refractivity contribution in [3.05, 3.63) is 11.9 Å². The third kappa shape index (κ3) is 3.40. The minimum atomic E-state index is -4.52. The van der Waals surface area contributed by atoms with E-state index < -0.39 is 11.8 Å². The fraction of sp³-hybridized carbons (Fsp3) is 0.833. The van der Waals surface area contributed by atoms with E-state index in [-0.39, 0.29) is 18.8 Å². The SMILES string of the molecule is CN1CN(CC2CCC(O)(C(F)(F)F)CC2)C=C2C1=NCN2CC1CC1. The zero-order valence-corrected chi connectivity index (χ0v) is 15.2. The minimum absolute atomic E-state index is 0.180. The normalized spacial score (nSPS) is 32.5. The summed E-state index contributed by atoms with van der Waals surface area (Å²) < 4.78 is 38.9. The second-order valence-corrected chi connectivity index (χ2v) is 8.39. The number of halogens is 3. The molecule has 5 nitrogen and oxygen atoms in total. The molecule has 26 heavy (non-hydrogen) atoms. The first-order chi connectivity index (χ1) is 12.2. The van der Waals surface area contributed by atoms with Crippen LogP contribution in [0, 0.1) is 11.8 Å². The van der Waals surface area contributed by atoms with Gasteiger partial charge in [-0.05, 0) is 50.4 Å². The van der Waals surface area contributed by atoms with E-state index in [4.69, 9.17) is 0 Å². The number of alkyl halides is 3. The highest BCUT2D eigenvalue weighted by Crippen LogP contribution is 2.43. The van der Waals surface area contributed by atoms with Crippen molar-refractivity contribution in [2.24, 2.45) is 16.8 Å². The topological polar surface area (TPSA) is 42.3 Å². The van der Waals surface area contributed by atoms with Crippen LogP contribution in [0.3, 0.4) is 0 Å². The number of hydrogen-bond donors (Lipinski definition) is 1. The Balaban J connectivity index is 1.38. The molecule has 0 unspecified atom stereocenters. The molecule has 0 radical (unpaired) electrons. The molecule has 0 spiro atoms. The summed E-state index contributed by atoms with van der Waals surface area (Å²) in [6.45, 7) is 3.19. The molecule has 0 aromatic carbocycles. The Hall–Kier alpha value is -1.44.